The van der Waals surface area contributed by atoms with E-state index in [-0.39, 0.29) is 11.6 Å². The fourth-order valence-electron chi connectivity index (χ4n) is 3.84. The van der Waals surface area contributed by atoms with E-state index in [1.54, 1.807) is 17.7 Å². The number of aryl methyl sites for hydroxylation is 1. The van der Waals surface area contributed by atoms with Crippen LogP contribution in [0.15, 0.2) is 41.2 Å². The predicted octanol–water partition coefficient (Wildman–Crippen LogP) is 3.07. The highest BCUT2D eigenvalue weighted by Crippen LogP contribution is 2.32. The number of H-pyrrole nitrogens is 1. The van der Waals surface area contributed by atoms with Gasteiger partial charge in [0.1, 0.15) is 5.75 Å². The fourth-order valence-corrected chi connectivity index (χ4v) is 3.84. The van der Waals surface area contributed by atoms with E-state index >= 15 is 0 Å². The summed E-state index contributed by atoms with van der Waals surface area (Å²) in [5.74, 6) is 0.882. The van der Waals surface area contributed by atoms with Crippen LogP contribution < -0.4 is 10.3 Å². The van der Waals surface area contributed by atoms with Gasteiger partial charge >= 0.3 is 0 Å². The Morgan fingerprint density at radius 2 is 2.15 bits per heavy atom. The Morgan fingerprint density at radius 3 is 3.00 bits per heavy atom. The Balaban J connectivity index is 1.65. The van der Waals surface area contributed by atoms with Crippen LogP contribution in [0.3, 0.4) is 0 Å². The van der Waals surface area contributed by atoms with Crippen LogP contribution >= 0.6 is 0 Å². The molecule has 4 rings (SSSR count). The van der Waals surface area contributed by atoms with Crippen LogP contribution in [0.5, 0.6) is 5.75 Å². The van der Waals surface area contributed by atoms with E-state index in [9.17, 15) is 4.79 Å². The van der Waals surface area contributed by atoms with Crippen LogP contribution in [0, 0.1) is 6.92 Å². The number of benzene rings is 1. The third kappa shape index (κ3) is 3.24. The number of aromatic amines is 1. The van der Waals surface area contributed by atoms with Crippen molar-refractivity contribution in [3.63, 3.8) is 0 Å². The first-order chi connectivity index (χ1) is 12.6. The molecule has 0 amide bonds. The Kier molecular flexibility index (Phi) is 4.51. The van der Waals surface area contributed by atoms with E-state index in [2.05, 4.69) is 27.1 Å². The van der Waals surface area contributed by atoms with Gasteiger partial charge in [0.05, 0.1) is 18.8 Å². The number of aromatic nitrogens is 3. The third-order valence-electron chi connectivity index (χ3n) is 5.09. The lowest BCUT2D eigenvalue weighted by Crippen LogP contribution is -2.33. The maximum Gasteiger partial charge on any atom is 0.272 e. The summed E-state index contributed by atoms with van der Waals surface area (Å²) >= 11 is 0. The smallest absolute Gasteiger partial charge is 0.272 e. The zero-order valence-electron chi connectivity index (χ0n) is 15.2. The molecule has 26 heavy (non-hydrogen) atoms. The Morgan fingerprint density at radius 1 is 1.27 bits per heavy atom. The minimum Gasteiger partial charge on any atom is -0.497 e. The molecule has 6 nitrogen and oxygen atoms in total. The zero-order valence-corrected chi connectivity index (χ0v) is 15.2. The van der Waals surface area contributed by atoms with Gasteiger partial charge in [-0.2, -0.15) is 0 Å². The van der Waals surface area contributed by atoms with Crippen molar-refractivity contribution in [2.75, 3.05) is 13.7 Å². The molecule has 1 saturated heterocycles. The van der Waals surface area contributed by atoms with Crippen molar-refractivity contribution >= 4 is 5.65 Å². The quantitative estimate of drug-likeness (QED) is 0.784. The largest absolute Gasteiger partial charge is 0.497 e. The lowest BCUT2D eigenvalue weighted by molar-refractivity contribution is 0.137. The number of nitrogens with one attached hydrogen (secondary N) is 1. The number of nitrogens with zero attached hydrogens (tertiary/aromatic N) is 3. The van der Waals surface area contributed by atoms with Crippen LogP contribution in [0.1, 0.15) is 42.3 Å². The van der Waals surface area contributed by atoms with E-state index < -0.39 is 0 Å². The Hall–Kier alpha value is -2.60. The number of methoxy groups -OCH3 is 1. The normalized spacial score (nSPS) is 18.3. The van der Waals surface area contributed by atoms with Crippen molar-refractivity contribution in [1.29, 1.82) is 0 Å². The van der Waals surface area contributed by atoms with Crippen LogP contribution in [-0.2, 0) is 6.54 Å². The van der Waals surface area contributed by atoms with E-state index in [0.29, 0.717) is 5.65 Å². The maximum atomic E-state index is 12.2. The molecule has 0 saturated carbocycles. The standard InChI is InChI=1S/C20H24N4O2/c1-14-10-20(25)24-19(21-14)12-17(22-24)18-8-3-4-9-23(18)13-15-6-5-7-16(11-15)26-2/h5-7,10-12,18,22H,3-4,8-9,13H2,1-2H3. The highest BCUT2D eigenvalue weighted by Gasteiger charge is 2.26. The van der Waals surface area contributed by atoms with Crippen molar-refractivity contribution in [2.45, 2.75) is 38.8 Å². The third-order valence-corrected chi connectivity index (χ3v) is 5.09. The van der Waals surface area contributed by atoms with Gasteiger partial charge in [-0.3, -0.25) is 14.8 Å². The van der Waals surface area contributed by atoms with E-state index in [1.165, 1.54) is 18.4 Å². The number of likely N-dealkylation sites (tertiary alicyclic amines) is 1. The van der Waals surface area contributed by atoms with Gasteiger partial charge in [0.15, 0.2) is 5.65 Å². The Bertz CT molecular complexity index is 975. The molecule has 0 spiro atoms. The molecule has 1 N–H and O–H groups in total. The summed E-state index contributed by atoms with van der Waals surface area (Å²) in [4.78, 5) is 19.2. The molecule has 0 bridgehead atoms. The van der Waals surface area contributed by atoms with E-state index in [4.69, 9.17) is 4.74 Å². The van der Waals surface area contributed by atoms with Gasteiger partial charge in [-0.1, -0.05) is 18.6 Å². The first kappa shape index (κ1) is 16.8. The van der Waals surface area contributed by atoms with Crippen LogP contribution in [0.4, 0.5) is 0 Å². The van der Waals surface area contributed by atoms with E-state index in [1.807, 2.05) is 25.1 Å². The number of hydrogen-bond donors (Lipinski definition) is 1. The summed E-state index contributed by atoms with van der Waals surface area (Å²) in [6, 6.07) is 12.1. The first-order valence-corrected chi connectivity index (χ1v) is 9.10. The minimum absolute atomic E-state index is 0.0612. The lowest BCUT2D eigenvalue weighted by atomic mass is 9.98. The van der Waals surface area contributed by atoms with Crippen molar-refractivity contribution in [2.24, 2.45) is 0 Å². The SMILES string of the molecule is COc1cccc(CN2CCCCC2c2cc3nc(C)cc(=O)n3[nH]2)c1. The molecule has 1 aliphatic heterocycles. The number of hydrogen-bond acceptors (Lipinski definition) is 4. The van der Waals surface area contributed by atoms with Gasteiger partial charge in [-0.05, 0) is 44.0 Å². The number of ether oxygens (including phenoxy) is 1. The van der Waals surface area contributed by atoms with Crippen LogP contribution in [0.25, 0.3) is 5.65 Å². The van der Waals surface area contributed by atoms with Crippen molar-refractivity contribution < 1.29 is 4.74 Å². The molecule has 1 aromatic carbocycles. The maximum absolute atomic E-state index is 12.2. The van der Waals surface area contributed by atoms with Gasteiger partial charge < -0.3 is 4.74 Å². The fraction of sp³-hybridized carbons (Fsp3) is 0.400. The molecule has 3 aromatic rings. The minimum atomic E-state index is -0.0612. The van der Waals surface area contributed by atoms with Crippen molar-refractivity contribution in [3.05, 3.63) is 63.7 Å². The van der Waals surface area contributed by atoms with Crippen molar-refractivity contribution in [3.8, 4) is 5.75 Å². The number of piperidine rings is 1. The number of fused-ring (bicyclic) bond motifs is 1. The van der Waals surface area contributed by atoms with Gasteiger partial charge in [0.25, 0.3) is 5.56 Å². The monoisotopic (exact) mass is 352 g/mol. The summed E-state index contributed by atoms with van der Waals surface area (Å²) in [5.41, 5.74) is 3.67. The predicted molar refractivity (Wildman–Crippen MR) is 101 cm³/mol. The summed E-state index contributed by atoms with van der Waals surface area (Å²) < 4.78 is 6.89. The van der Waals surface area contributed by atoms with Gasteiger partial charge in [-0.25, -0.2) is 9.50 Å². The number of rotatable bonds is 4. The summed E-state index contributed by atoms with van der Waals surface area (Å²) in [6.45, 7) is 3.75. The molecule has 1 unspecified atom stereocenters. The molecule has 1 aliphatic rings. The van der Waals surface area contributed by atoms with Crippen molar-refractivity contribution in [1.82, 2.24) is 19.5 Å². The molecular formula is C20H24N4O2. The van der Waals surface area contributed by atoms with E-state index in [0.717, 1.165) is 36.6 Å². The second kappa shape index (κ2) is 6.96. The summed E-state index contributed by atoms with van der Waals surface area (Å²) in [6.07, 6.45) is 3.46. The molecule has 2 aromatic heterocycles. The highest BCUT2D eigenvalue weighted by atomic mass is 16.5. The highest BCUT2D eigenvalue weighted by molar-refractivity contribution is 5.40. The molecule has 0 radical (unpaired) electrons. The molecule has 3 heterocycles. The zero-order chi connectivity index (χ0) is 18.1. The molecular weight excluding hydrogens is 328 g/mol. The van der Waals surface area contributed by atoms with Crippen LogP contribution in [-0.4, -0.2) is 33.2 Å². The second-order valence-corrected chi connectivity index (χ2v) is 6.97. The molecule has 1 atom stereocenters. The first-order valence-electron chi connectivity index (χ1n) is 9.10. The Labute approximate surface area is 152 Å². The summed E-state index contributed by atoms with van der Waals surface area (Å²) in [5, 5.41) is 3.27. The molecule has 6 heteroatoms. The lowest BCUT2D eigenvalue weighted by Gasteiger charge is -2.35. The van der Waals surface area contributed by atoms with Gasteiger partial charge in [0, 0.05) is 24.4 Å². The molecule has 1 fully saturated rings. The van der Waals surface area contributed by atoms with Gasteiger partial charge in [-0.15, -0.1) is 0 Å². The topological polar surface area (TPSA) is 62.6 Å². The summed E-state index contributed by atoms with van der Waals surface area (Å²) in [7, 11) is 1.69. The van der Waals surface area contributed by atoms with Crippen LogP contribution in [0.2, 0.25) is 0 Å². The second-order valence-electron chi connectivity index (χ2n) is 6.97. The molecule has 0 aliphatic carbocycles. The van der Waals surface area contributed by atoms with Gasteiger partial charge in [0.2, 0.25) is 0 Å². The molecule has 136 valence electrons. The average molecular weight is 352 g/mol. The average Bonchev–Trinajstić information content (AvgIpc) is 3.06.